The Balaban J connectivity index is 2.01. The fourth-order valence-electron chi connectivity index (χ4n) is 3.43. The monoisotopic (exact) mass is 379 g/mol. The van der Waals surface area contributed by atoms with E-state index in [1.54, 1.807) is 19.2 Å². The van der Waals surface area contributed by atoms with E-state index < -0.39 is 0 Å². The summed E-state index contributed by atoms with van der Waals surface area (Å²) in [4.78, 5) is 17.2. The van der Waals surface area contributed by atoms with Gasteiger partial charge in [-0.05, 0) is 37.6 Å². The minimum Gasteiger partial charge on any atom is -0.480 e. The quantitative estimate of drug-likeness (QED) is 0.574. The van der Waals surface area contributed by atoms with Gasteiger partial charge < -0.3 is 9.47 Å². The van der Waals surface area contributed by atoms with Crippen molar-refractivity contribution >= 4 is 17.6 Å². The molecule has 3 aromatic rings. The maximum atomic E-state index is 12.7. The number of halogens is 1. The second-order valence-electron chi connectivity index (χ2n) is 6.32. The van der Waals surface area contributed by atoms with Crippen LogP contribution in [0.15, 0.2) is 54.7 Å². The molecule has 1 aliphatic heterocycles. The number of esters is 1. The smallest absolute Gasteiger partial charge is 0.340 e. The number of aromatic nitrogens is 1. The molecule has 0 fully saturated rings. The van der Waals surface area contributed by atoms with Gasteiger partial charge in [-0.15, -0.1) is 0 Å². The molecule has 5 heteroatoms. The first-order chi connectivity index (χ1) is 13.1. The van der Waals surface area contributed by atoms with Crippen molar-refractivity contribution in [2.75, 3.05) is 6.61 Å². The molecule has 1 aliphatic rings. The van der Waals surface area contributed by atoms with E-state index in [0.29, 0.717) is 28.6 Å². The van der Waals surface area contributed by atoms with Crippen molar-refractivity contribution in [3.63, 3.8) is 0 Å². The maximum absolute atomic E-state index is 12.7. The lowest BCUT2D eigenvalue weighted by molar-refractivity contribution is 0.0525. The third-order valence-corrected chi connectivity index (χ3v) is 4.85. The molecule has 0 saturated heterocycles. The van der Waals surface area contributed by atoms with Crippen LogP contribution < -0.4 is 4.74 Å². The molecule has 1 atom stereocenters. The van der Waals surface area contributed by atoms with E-state index in [-0.39, 0.29) is 12.1 Å². The highest BCUT2D eigenvalue weighted by molar-refractivity contribution is 6.31. The molecule has 136 valence electrons. The molecule has 0 aliphatic carbocycles. The second kappa shape index (κ2) is 7.05. The molecule has 0 amide bonds. The van der Waals surface area contributed by atoms with E-state index in [1.165, 1.54) is 0 Å². The third-order valence-electron chi connectivity index (χ3n) is 4.62. The number of nitrogens with zero attached hydrogens (tertiary/aromatic N) is 1. The standard InChI is InChI=1S/C22H18ClNO3/c1-3-26-22(25)19-13(2)24-12-17-20(19)16-11-15(23)9-10-18(16)27-21(17)14-7-5-4-6-8-14/h4-12,21H,3H2,1-2H3. The number of hydrogen-bond donors (Lipinski definition) is 0. The van der Waals surface area contributed by atoms with Crippen molar-refractivity contribution in [1.29, 1.82) is 0 Å². The first-order valence-electron chi connectivity index (χ1n) is 8.78. The van der Waals surface area contributed by atoms with Crippen LogP contribution in [0.1, 0.15) is 40.2 Å². The Morgan fingerprint density at radius 3 is 2.74 bits per heavy atom. The van der Waals surface area contributed by atoms with Crippen molar-refractivity contribution in [2.24, 2.45) is 0 Å². The number of hydrogen-bond acceptors (Lipinski definition) is 4. The van der Waals surface area contributed by atoms with Crippen LogP contribution in [0, 0.1) is 6.92 Å². The Kier molecular flexibility index (Phi) is 4.58. The first kappa shape index (κ1) is 17.6. The molecule has 0 N–H and O–H groups in total. The van der Waals surface area contributed by atoms with Gasteiger partial charge in [0.1, 0.15) is 5.75 Å². The predicted molar refractivity (Wildman–Crippen MR) is 104 cm³/mol. The summed E-state index contributed by atoms with van der Waals surface area (Å²) in [5.74, 6) is 0.288. The predicted octanol–water partition coefficient (Wildman–Crippen LogP) is 5.37. The Labute approximate surface area is 162 Å². The van der Waals surface area contributed by atoms with Gasteiger partial charge in [0.15, 0.2) is 6.10 Å². The number of fused-ring (bicyclic) bond motifs is 3. The van der Waals surface area contributed by atoms with Gasteiger partial charge in [0.25, 0.3) is 0 Å². The number of carbonyl (C=O) groups is 1. The number of carbonyl (C=O) groups excluding carboxylic acids is 1. The van der Waals surface area contributed by atoms with Gasteiger partial charge in [-0.1, -0.05) is 41.9 Å². The number of aryl methyl sites for hydroxylation is 1. The Morgan fingerprint density at radius 2 is 2.00 bits per heavy atom. The van der Waals surface area contributed by atoms with Crippen LogP contribution in [0.5, 0.6) is 5.75 Å². The fourth-order valence-corrected chi connectivity index (χ4v) is 3.60. The summed E-state index contributed by atoms with van der Waals surface area (Å²) in [6, 6.07) is 15.3. The van der Waals surface area contributed by atoms with Crippen LogP contribution >= 0.6 is 11.6 Å². The van der Waals surface area contributed by atoms with Crippen molar-refractivity contribution < 1.29 is 14.3 Å². The van der Waals surface area contributed by atoms with E-state index in [4.69, 9.17) is 21.1 Å². The van der Waals surface area contributed by atoms with E-state index in [0.717, 1.165) is 22.3 Å². The number of ether oxygens (including phenoxy) is 2. The lowest BCUT2D eigenvalue weighted by Crippen LogP contribution is -2.20. The Bertz CT molecular complexity index is 1020. The molecule has 0 radical (unpaired) electrons. The highest BCUT2D eigenvalue weighted by Gasteiger charge is 2.33. The van der Waals surface area contributed by atoms with Crippen molar-refractivity contribution in [3.8, 4) is 16.9 Å². The molecule has 0 saturated carbocycles. The molecule has 2 heterocycles. The van der Waals surface area contributed by atoms with Crippen LogP contribution in [0.4, 0.5) is 0 Å². The van der Waals surface area contributed by atoms with Crippen LogP contribution in [0.2, 0.25) is 5.02 Å². The number of pyridine rings is 1. The number of rotatable bonds is 3. The van der Waals surface area contributed by atoms with Gasteiger partial charge in [0.2, 0.25) is 0 Å². The molecule has 27 heavy (non-hydrogen) atoms. The molecule has 0 spiro atoms. The molecule has 0 bridgehead atoms. The van der Waals surface area contributed by atoms with Crippen molar-refractivity contribution in [3.05, 3.63) is 82.1 Å². The topological polar surface area (TPSA) is 48.4 Å². The average Bonchev–Trinajstić information content (AvgIpc) is 2.68. The normalized spacial score (nSPS) is 14.7. The Morgan fingerprint density at radius 1 is 1.22 bits per heavy atom. The van der Waals surface area contributed by atoms with Crippen LogP contribution in [-0.4, -0.2) is 17.6 Å². The lowest BCUT2D eigenvalue weighted by atomic mass is 9.87. The van der Waals surface area contributed by atoms with Gasteiger partial charge in [-0.2, -0.15) is 0 Å². The summed E-state index contributed by atoms with van der Waals surface area (Å²) >= 11 is 6.24. The van der Waals surface area contributed by atoms with E-state index in [9.17, 15) is 4.79 Å². The minimum absolute atomic E-state index is 0.295. The summed E-state index contributed by atoms with van der Waals surface area (Å²) in [5.41, 5.74) is 4.44. The van der Waals surface area contributed by atoms with Crippen LogP contribution in [-0.2, 0) is 4.74 Å². The Hall–Kier alpha value is -2.85. The van der Waals surface area contributed by atoms with Gasteiger partial charge in [0, 0.05) is 27.9 Å². The summed E-state index contributed by atoms with van der Waals surface area (Å²) in [5, 5.41) is 0.575. The SMILES string of the molecule is CCOC(=O)c1c(C)ncc2c1-c1cc(Cl)ccc1OC2c1ccccc1. The van der Waals surface area contributed by atoms with E-state index >= 15 is 0 Å². The minimum atomic E-state index is -0.390. The zero-order valence-electron chi connectivity index (χ0n) is 15.0. The van der Waals surface area contributed by atoms with Gasteiger partial charge in [-0.3, -0.25) is 4.98 Å². The van der Waals surface area contributed by atoms with Crippen molar-refractivity contribution in [2.45, 2.75) is 20.0 Å². The van der Waals surface area contributed by atoms with Gasteiger partial charge >= 0.3 is 5.97 Å². The summed E-state index contributed by atoms with van der Waals surface area (Å²) in [6.07, 6.45) is 1.41. The molecule has 4 rings (SSSR count). The molecule has 1 aromatic heterocycles. The zero-order chi connectivity index (χ0) is 19.0. The molecule has 1 unspecified atom stereocenters. The molecule has 2 aromatic carbocycles. The van der Waals surface area contributed by atoms with Gasteiger partial charge in [0.05, 0.1) is 17.9 Å². The van der Waals surface area contributed by atoms with E-state index in [2.05, 4.69) is 4.98 Å². The van der Waals surface area contributed by atoms with Gasteiger partial charge in [-0.25, -0.2) is 4.79 Å². The first-order valence-corrected chi connectivity index (χ1v) is 9.16. The second-order valence-corrected chi connectivity index (χ2v) is 6.75. The highest BCUT2D eigenvalue weighted by atomic mass is 35.5. The van der Waals surface area contributed by atoms with Crippen LogP contribution in [0.3, 0.4) is 0 Å². The largest absolute Gasteiger partial charge is 0.480 e. The van der Waals surface area contributed by atoms with Crippen molar-refractivity contribution in [1.82, 2.24) is 4.98 Å². The number of benzene rings is 2. The van der Waals surface area contributed by atoms with Crippen LogP contribution in [0.25, 0.3) is 11.1 Å². The molecule has 4 nitrogen and oxygen atoms in total. The summed E-state index contributed by atoms with van der Waals surface area (Å²) in [6.45, 7) is 3.89. The fraction of sp³-hybridized carbons (Fsp3) is 0.182. The third kappa shape index (κ3) is 3.06. The highest BCUT2D eigenvalue weighted by Crippen LogP contribution is 2.47. The zero-order valence-corrected chi connectivity index (χ0v) is 15.8. The average molecular weight is 380 g/mol. The summed E-state index contributed by atoms with van der Waals surface area (Å²) < 4.78 is 11.6. The van der Waals surface area contributed by atoms with E-state index in [1.807, 2.05) is 49.4 Å². The maximum Gasteiger partial charge on any atom is 0.340 e. The lowest BCUT2D eigenvalue weighted by Gasteiger charge is -2.30. The molecular formula is C22H18ClNO3. The molecular weight excluding hydrogens is 362 g/mol. The summed E-state index contributed by atoms with van der Waals surface area (Å²) in [7, 11) is 0.